The lowest BCUT2D eigenvalue weighted by Gasteiger charge is -2.34. The number of aromatic nitrogens is 4. The average Bonchev–Trinajstić information content (AvgIpc) is 3.68. The van der Waals surface area contributed by atoms with Crippen molar-refractivity contribution < 1.29 is 27.4 Å². The van der Waals surface area contributed by atoms with Crippen molar-refractivity contribution in [3.8, 4) is 17.4 Å². The van der Waals surface area contributed by atoms with Gasteiger partial charge in [0, 0.05) is 42.8 Å². The molecule has 10 nitrogen and oxygen atoms in total. The number of nitrogens with one attached hydrogen (secondary N) is 2. The number of halogens is 3. The molecule has 2 fully saturated rings. The maximum Gasteiger partial charge on any atom is 0.394 e. The van der Waals surface area contributed by atoms with Gasteiger partial charge in [0.25, 0.3) is 5.91 Å². The molecular weight excluding hydrogens is 692 g/mol. The van der Waals surface area contributed by atoms with E-state index in [0.29, 0.717) is 58.6 Å². The van der Waals surface area contributed by atoms with Gasteiger partial charge in [-0.25, -0.2) is 14.6 Å². The third-order valence-electron chi connectivity index (χ3n) is 10.3. The van der Waals surface area contributed by atoms with Gasteiger partial charge in [-0.3, -0.25) is 9.52 Å². The van der Waals surface area contributed by atoms with Gasteiger partial charge in [-0.2, -0.15) is 13.2 Å². The second-order valence-corrected chi connectivity index (χ2v) is 15.4. The number of carbonyl (C=O) groups excluding carboxylic acids is 1. The van der Waals surface area contributed by atoms with E-state index in [0.717, 1.165) is 56.3 Å². The topological polar surface area (TPSA) is 106 Å². The van der Waals surface area contributed by atoms with Crippen LogP contribution in [-0.4, -0.2) is 57.1 Å². The summed E-state index contributed by atoms with van der Waals surface area (Å²) in [4.78, 5) is 25.9. The number of pyridine rings is 2. The van der Waals surface area contributed by atoms with Crippen LogP contribution in [0.2, 0.25) is 0 Å². The fraction of sp³-hybridized carbons (Fsp3) is 0.474. The highest BCUT2D eigenvalue weighted by atomic mass is 32.2. The molecule has 1 saturated heterocycles. The van der Waals surface area contributed by atoms with E-state index in [1.165, 1.54) is 0 Å². The van der Waals surface area contributed by atoms with Crippen LogP contribution in [0.15, 0.2) is 71.9 Å². The lowest BCUT2D eigenvalue weighted by Crippen LogP contribution is -2.40. The normalized spacial score (nSPS) is 19.7. The first-order valence-corrected chi connectivity index (χ1v) is 18.7. The molecule has 3 aliphatic rings. The summed E-state index contributed by atoms with van der Waals surface area (Å²) in [5.74, 6) is 2.77. The Hall–Kier alpha value is -4.46. The standard InChI is InChI=1S/C38H44F3N7O3S/c1-36(2)23-27-11-6-7-20-42-33-29(51-25-26-9-4-3-5-10-26)13-15-32(44-33)52-46-35(49)28-12-14-30(43-34(28)47(36)24-27)48-21-16-31(45-48)50-22-8-17-37(18-19-37)38(39,40)41/h3-5,9-10,12-16,21,27H,6-8,11,17-20,22-25H2,1-2H3,(H,42,44)(H,46,49). The third-order valence-corrected chi connectivity index (χ3v) is 11.0. The predicted octanol–water partition coefficient (Wildman–Crippen LogP) is 8.38. The van der Waals surface area contributed by atoms with E-state index in [9.17, 15) is 18.0 Å². The summed E-state index contributed by atoms with van der Waals surface area (Å²) < 4.78 is 56.3. The Morgan fingerprint density at radius 1 is 1.00 bits per heavy atom. The average molecular weight is 736 g/mol. The van der Waals surface area contributed by atoms with Crippen LogP contribution in [0.1, 0.15) is 81.1 Å². The van der Waals surface area contributed by atoms with Crippen molar-refractivity contribution in [2.75, 3.05) is 29.9 Å². The summed E-state index contributed by atoms with van der Waals surface area (Å²) in [6.07, 6.45) is 2.25. The third kappa shape index (κ3) is 8.11. The largest absolute Gasteiger partial charge is 0.485 e. The van der Waals surface area contributed by atoms with E-state index in [2.05, 4.69) is 33.9 Å². The summed E-state index contributed by atoms with van der Waals surface area (Å²) in [7, 11) is 0. The van der Waals surface area contributed by atoms with Gasteiger partial charge in [-0.15, -0.1) is 5.10 Å². The molecule has 5 heterocycles. The first kappa shape index (κ1) is 35.9. The molecule has 3 aromatic heterocycles. The van der Waals surface area contributed by atoms with E-state index >= 15 is 0 Å². The highest BCUT2D eigenvalue weighted by Gasteiger charge is 2.62. The Kier molecular flexibility index (Phi) is 10.3. The molecule has 1 amide bonds. The highest BCUT2D eigenvalue weighted by molar-refractivity contribution is 7.97. The fourth-order valence-corrected chi connectivity index (χ4v) is 7.79. The lowest BCUT2D eigenvalue weighted by atomic mass is 9.93. The number of nitrogens with zero attached hydrogens (tertiary/aromatic N) is 5. The van der Waals surface area contributed by atoms with Gasteiger partial charge in [0.2, 0.25) is 5.88 Å². The molecule has 1 aromatic carbocycles. The van der Waals surface area contributed by atoms with Crippen LogP contribution in [0.3, 0.4) is 0 Å². The molecule has 0 radical (unpaired) electrons. The van der Waals surface area contributed by atoms with E-state index in [1.54, 1.807) is 29.1 Å². The monoisotopic (exact) mass is 735 g/mol. The zero-order chi connectivity index (χ0) is 36.3. The molecule has 2 N–H and O–H groups in total. The second kappa shape index (κ2) is 14.9. The molecule has 1 saturated carbocycles. The maximum absolute atomic E-state index is 13.9. The number of hydrogen-bond acceptors (Lipinski definition) is 9. The number of alkyl halides is 3. The Balaban J connectivity index is 1.09. The number of hydrogen-bond donors (Lipinski definition) is 2. The number of ether oxygens (including phenoxy) is 2. The van der Waals surface area contributed by atoms with Gasteiger partial charge in [0.05, 0.1) is 17.6 Å². The van der Waals surface area contributed by atoms with Crippen molar-refractivity contribution >= 4 is 29.5 Å². The number of rotatable bonds is 9. The molecule has 7 rings (SSSR count). The van der Waals surface area contributed by atoms with Crippen LogP contribution in [0.25, 0.3) is 5.82 Å². The number of fused-ring (bicyclic) bond motifs is 6. The minimum absolute atomic E-state index is 0.0547. The summed E-state index contributed by atoms with van der Waals surface area (Å²) >= 11 is 1.13. The Morgan fingerprint density at radius 3 is 2.62 bits per heavy atom. The zero-order valence-corrected chi connectivity index (χ0v) is 30.2. The zero-order valence-electron chi connectivity index (χ0n) is 29.4. The molecule has 0 spiro atoms. The molecule has 1 aliphatic carbocycles. The molecular formula is C38H44F3N7O3S. The SMILES string of the molecule is CC1(C)CC2CCCCNc3nc(ccc3OCc3ccccc3)SNC(=O)c3ccc(-n4ccc(OCCCC5(C(F)(F)F)CC5)n4)nc3N1C2. The summed E-state index contributed by atoms with van der Waals surface area (Å²) in [6, 6.07) is 18.8. The fourth-order valence-electron chi connectivity index (χ4n) is 7.21. The van der Waals surface area contributed by atoms with E-state index in [-0.39, 0.29) is 37.3 Å². The van der Waals surface area contributed by atoms with Gasteiger partial charge in [0.1, 0.15) is 17.5 Å². The van der Waals surface area contributed by atoms with Crippen molar-refractivity contribution in [3.63, 3.8) is 0 Å². The molecule has 4 bridgehead atoms. The molecule has 1 unspecified atom stereocenters. The summed E-state index contributed by atoms with van der Waals surface area (Å²) in [6.45, 7) is 6.43. The van der Waals surface area contributed by atoms with Gasteiger partial charge >= 0.3 is 6.18 Å². The number of benzene rings is 1. The van der Waals surface area contributed by atoms with Crippen molar-refractivity contribution in [1.29, 1.82) is 0 Å². The van der Waals surface area contributed by atoms with Gasteiger partial charge in [-0.1, -0.05) is 36.8 Å². The number of anilines is 2. The van der Waals surface area contributed by atoms with Crippen LogP contribution in [0, 0.1) is 11.3 Å². The quantitative estimate of drug-likeness (QED) is 0.130. The highest BCUT2D eigenvalue weighted by Crippen LogP contribution is 2.60. The van der Waals surface area contributed by atoms with Crippen LogP contribution in [-0.2, 0) is 6.61 Å². The second-order valence-electron chi connectivity index (χ2n) is 14.6. The van der Waals surface area contributed by atoms with Crippen LogP contribution < -0.4 is 24.4 Å². The van der Waals surface area contributed by atoms with Gasteiger partial charge in [-0.05, 0) is 94.5 Å². The van der Waals surface area contributed by atoms with Crippen LogP contribution in [0.5, 0.6) is 11.6 Å². The first-order chi connectivity index (χ1) is 25.0. The maximum atomic E-state index is 13.9. The van der Waals surface area contributed by atoms with Gasteiger partial charge < -0.3 is 19.7 Å². The van der Waals surface area contributed by atoms with Crippen LogP contribution in [0.4, 0.5) is 24.8 Å². The molecule has 14 heteroatoms. The molecule has 52 heavy (non-hydrogen) atoms. The molecule has 4 aromatic rings. The van der Waals surface area contributed by atoms with E-state index in [1.807, 2.05) is 42.5 Å². The predicted molar refractivity (Wildman–Crippen MR) is 194 cm³/mol. The van der Waals surface area contributed by atoms with Crippen LogP contribution >= 0.6 is 11.9 Å². The minimum atomic E-state index is -4.17. The Bertz CT molecular complexity index is 1870. The van der Waals surface area contributed by atoms with E-state index < -0.39 is 11.6 Å². The van der Waals surface area contributed by atoms with Crippen molar-refractivity contribution in [1.82, 2.24) is 24.5 Å². The molecule has 1 atom stereocenters. The smallest absolute Gasteiger partial charge is 0.394 e. The van der Waals surface area contributed by atoms with Crippen molar-refractivity contribution in [3.05, 3.63) is 78.0 Å². The number of carbonyl (C=O) groups is 1. The Labute approximate surface area is 306 Å². The number of amides is 1. The summed E-state index contributed by atoms with van der Waals surface area (Å²) in [5.41, 5.74) is -0.305. The van der Waals surface area contributed by atoms with E-state index in [4.69, 9.17) is 19.4 Å². The lowest BCUT2D eigenvalue weighted by molar-refractivity contribution is -0.189. The minimum Gasteiger partial charge on any atom is -0.485 e. The van der Waals surface area contributed by atoms with Crippen molar-refractivity contribution in [2.24, 2.45) is 11.3 Å². The first-order valence-electron chi connectivity index (χ1n) is 17.9. The van der Waals surface area contributed by atoms with Crippen molar-refractivity contribution in [2.45, 2.75) is 88.6 Å². The molecule has 276 valence electrons. The Morgan fingerprint density at radius 2 is 1.83 bits per heavy atom. The summed E-state index contributed by atoms with van der Waals surface area (Å²) in [5, 5.41) is 8.58. The van der Waals surface area contributed by atoms with Gasteiger partial charge in [0.15, 0.2) is 17.4 Å². The molecule has 2 aliphatic heterocycles.